The number of aliphatic hydroxyl groups is 1. The molecule has 0 aliphatic heterocycles. The third-order valence-electron chi connectivity index (χ3n) is 5.96. The largest absolute Gasteiger partial charge is 0.491 e. The molecule has 0 aliphatic carbocycles. The molecule has 6 nitrogen and oxygen atoms in total. The SMILES string of the molecule is CCCCN(CCCC)c1ccc(/C=c2/sc(=C(C#N)C#N)nc2-c2ccc(OCC(O)CCl)cc2)cc1. The molecule has 38 heavy (non-hydrogen) atoms. The third-order valence-corrected chi connectivity index (χ3v) is 7.33. The van der Waals surface area contributed by atoms with Gasteiger partial charge in [0, 0.05) is 24.3 Å². The van der Waals surface area contributed by atoms with E-state index in [0.29, 0.717) is 16.1 Å². The lowest BCUT2D eigenvalue weighted by molar-refractivity contribution is 0.125. The predicted molar refractivity (Wildman–Crippen MR) is 156 cm³/mol. The lowest BCUT2D eigenvalue weighted by atomic mass is 10.1. The number of benzene rings is 2. The van der Waals surface area contributed by atoms with Crippen LogP contribution in [0, 0.1) is 22.7 Å². The van der Waals surface area contributed by atoms with E-state index < -0.39 is 6.10 Å². The molecule has 2 aromatic carbocycles. The number of nitrogens with zero attached hydrogens (tertiary/aromatic N) is 4. The molecule has 0 aliphatic rings. The molecule has 1 N–H and O–H groups in total. The van der Waals surface area contributed by atoms with Gasteiger partial charge in [0.05, 0.1) is 16.1 Å². The van der Waals surface area contributed by atoms with E-state index in [1.165, 1.54) is 29.9 Å². The van der Waals surface area contributed by atoms with Crippen LogP contribution >= 0.6 is 22.9 Å². The fourth-order valence-corrected chi connectivity index (χ4v) is 4.89. The normalized spacial score (nSPS) is 12.0. The van der Waals surface area contributed by atoms with Crippen LogP contribution in [0.15, 0.2) is 48.5 Å². The minimum Gasteiger partial charge on any atom is -0.491 e. The number of aromatic nitrogens is 1. The molecule has 0 fully saturated rings. The summed E-state index contributed by atoms with van der Waals surface area (Å²) in [6, 6.07) is 19.8. The summed E-state index contributed by atoms with van der Waals surface area (Å²) < 4.78 is 6.83. The van der Waals surface area contributed by atoms with Crippen molar-refractivity contribution < 1.29 is 9.84 Å². The summed E-state index contributed by atoms with van der Waals surface area (Å²) in [7, 11) is 0. The molecule has 1 heterocycles. The molecule has 3 aromatic rings. The van der Waals surface area contributed by atoms with Gasteiger partial charge in [-0.05, 0) is 60.9 Å². The number of rotatable bonds is 13. The second kappa shape index (κ2) is 15.1. The van der Waals surface area contributed by atoms with Gasteiger partial charge < -0.3 is 14.7 Å². The fourth-order valence-electron chi connectivity index (χ4n) is 3.81. The number of aliphatic hydroxyl groups excluding tert-OH is 1. The highest BCUT2D eigenvalue weighted by atomic mass is 35.5. The van der Waals surface area contributed by atoms with E-state index in [9.17, 15) is 15.6 Å². The molecule has 0 saturated carbocycles. The summed E-state index contributed by atoms with van der Waals surface area (Å²) in [4.78, 5) is 7.10. The van der Waals surface area contributed by atoms with Crippen molar-refractivity contribution in [2.24, 2.45) is 0 Å². The Bertz CT molecular complexity index is 1350. The highest BCUT2D eigenvalue weighted by molar-refractivity contribution is 7.08. The van der Waals surface area contributed by atoms with Crippen LogP contribution in [-0.4, -0.2) is 41.8 Å². The Kier molecular flexibility index (Phi) is 11.6. The maximum absolute atomic E-state index is 9.63. The molecule has 198 valence electrons. The van der Waals surface area contributed by atoms with Gasteiger partial charge in [-0.25, -0.2) is 4.98 Å². The van der Waals surface area contributed by atoms with E-state index in [1.807, 2.05) is 30.3 Å². The van der Waals surface area contributed by atoms with Crippen molar-refractivity contribution in [3.63, 3.8) is 0 Å². The predicted octanol–water partition coefficient (Wildman–Crippen LogP) is 5.22. The molecule has 0 saturated heterocycles. The summed E-state index contributed by atoms with van der Waals surface area (Å²) in [6.07, 6.45) is 5.96. The molecule has 1 atom stereocenters. The topological polar surface area (TPSA) is 93.2 Å². The highest BCUT2D eigenvalue weighted by Crippen LogP contribution is 2.21. The number of unbranched alkanes of at least 4 members (excludes halogenated alkanes) is 2. The van der Waals surface area contributed by atoms with Crippen molar-refractivity contribution in [1.29, 1.82) is 10.5 Å². The Morgan fingerprint density at radius 3 is 2.24 bits per heavy atom. The monoisotopic (exact) mass is 548 g/mol. The summed E-state index contributed by atoms with van der Waals surface area (Å²) >= 11 is 6.95. The zero-order chi connectivity index (χ0) is 27.3. The number of alkyl halides is 1. The van der Waals surface area contributed by atoms with Gasteiger partial charge >= 0.3 is 0 Å². The van der Waals surface area contributed by atoms with E-state index >= 15 is 0 Å². The molecule has 0 amide bonds. The first-order chi connectivity index (χ1) is 18.5. The summed E-state index contributed by atoms with van der Waals surface area (Å²) in [6.45, 7) is 6.63. The van der Waals surface area contributed by atoms with Crippen molar-refractivity contribution in [2.45, 2.75) is 45.6 Å². The third kappa shape index (κ3) is 8.07. The number of halogens is 1. The quantitative estimate of drug-likeness (QED) is 0.294. The van der Waals surface area contributed by atoms with Crippen LogP contribution in [0.5, 0.6) is 5.75 Å². The average Bonchev–Trinajstić information content (AvgIpc) is 3.36. The Labute approximate surface area is 233 Å². The van der Waals surface area contributed by atoms with Gasteiger partial charge in [-0.2, -0.15) is 10.5 Å². The van der Waals surface area contributed by atoms with E-state index in [1.54, 1.807) is 12.1 Å². The van der Waals surface area contributed by atoms with Crippen molar-refractivity contribution in [2.75, 3.05) is 30.5 Å². The van der Waals surface area contributed by atoms with Gasteiger partial charge in [-0.15, -0.1) is 22.9 Å². The smallest absolute Gasteiger partial charge is 0.165 e. The number of nitriles is 2. The molecule has 1 unspecified atom stereocenters. The number of anilines is 1. The maximum Gasteiger partial charge on any atom is 0.165 e. The lowest BCUT2D eigenvalue weighted by Gasteiger charge is -2.24. The average molecular weight is 549 g/mol. The van der Waals surface area contributed by atoms with Gasteiger partial charge in [0.25, 0.3) is 0 Å². The zero-order valence-corrected chi connectivity index (χ0v) is 23.4. The van der Waals surface area contributed by atoms with Crippen LogP contribution in [0.1, 0.15) is 45.1 Å². The minimum absolute atomic E-state index is 0.0104. The van der Waals surface area contributed by atoms with Gasteiger partial charge in [-0.1, -0.05) is 38.8 Å². The fraction of sp³-hybridized carbons (Fsp3) is 0.367. The summed E-state index contributed by atoms with van der Waals surface area (Å²) in [5.74, 6) is 0.706. The van der Waals surface area contributed by atoms with Crippen LogP contribution in [0.3, 0.4) is 0 Å². The van der Waals surface area contributed by atoms with E-state index in [0.717, 1.165) is 41.6 Å². The minimum atomic E-state index is -0.735. The first-order valence-electron chi connectivity index (χ1n) is 12.9. The molecule has 1 aromatic heterocycles. The maximum atomic E-state index is 9.63. The van der Waals surface area contributed by atoms with Crippen LogP contribution in [-0.2, 0) is 0 Å². The van der Waals surface area contributed by atoms with Crippen molar-refractivity contribution in [3.05, 3.63) is 63.3 Å². The number of ether oxygens (including phenoxy) is 1. The Balaban J connectivity index is 1.97. The molecule has 8 heteroatoms. The number of hydrogen-bond donors (Lipinski definition) is 1. The molecular weight excluding hydrogens is 516 g/mol. The standard InChI is InChI=1S/C30H33ClN4O2S/c1-3-5-15-35(16-6-4-2)25-11-7-22(8-12-25)17-28-29(34-30(38-28)24(19-32)20-33)23-9-13-27(14-10-23)37-21-26(36)18-31/h7-14,17,26,36H,3-6,15-16,18,21H2,1-2H3/b28-17+. The zero-order valence-electron chi connectivity index (χ0n) is 21.9. The molecule has 3 rings (SSSR count). The van der Waals surface area contributed by atoms with Crippen LogP contribution < -0.4 is 18.8 Å². The molecule has 0 bridgehead atoms. The molecule has 0 radical (unpaired) electrons. The first-order valence-corrected chi connectivity index (χ1v) is 14.2. The van der Waals surface area contributed by atoms with Gasteiger partial charge in [0.1, 0.15) is 35.3 Å². The summed E-state index contributed by atoms with van der Waals surface area (Å²) in [5.41, 5.74) is 3.75. The van der Waals surface area contributed by atoms with Crippen LogP contribution in [0.2, 0.25) is 0 Å². The van der Waals surface area contributed by atoms with Crippen molar-refractivity contribution in [1.82, 2.24) is 4.98 Å². The number of hydrogen-bond acceptors (Lipinski definition) is 7. The highest BCUT2D eigenvalue weighted by Gasteiger charge is 2.10. The second-order valence-electron chi connectivity index (χ2n) is 8.90. The molecule has 0 spiro atoms. The lowest BCUT2D eigenvalue weighted by Crippen LogP contribution is -2.25. The molecular formula is C30H33ClN4O2S. The first kappa shape index (κ1) is 29.2. The van der Waals surface area contributed by atoms with E-state index in [2.05, 4.69) is 48.0 Å². The Morgan fingerprint density at radius 1 is 1.05 bits per heavy atom. The van der Waals surface area contributed by atoms with E-state index in [4.69, 9.17) is 16.3 Å². The van der Waals surface area contributed by atoms with E-state index in [-0.39, 0.29) is 18.1 Å². The van der Waals surface area contributed by atoms with Crippen LogP contribution in [0.25, 0.3) is 22.9 Å². The Hall–Kier alpha value is -3.36. The van der Waals surface area contributed by atoms with Gasteiger partial charge in [0.15, 0.2) is 5.57 Å². The number of thiazole rings is 1. The second-order valence-corrected chi connectivity index (χ2v) is 10.2. The van der Waals surface area contributed by atoms with Crippen molar-refractivity contribution >= 4 is 40.3 Å². The van der Waals surface area contributed by atoms with Crippen LogP contribution in [0.4, 0.5) is 5.69 Å². The van der Waals surface area contributed by atoms with Gasteiger partial charge in [0.2, 0.25) is 0 Å². The van der Waals surface area contributed by atoms with Gasteiger partial charge in [-0.3, -0.25) is 0 Å². The Morgan fingerprint density at radius 2 is 1.68 bits per heavy atom. The summed E-state index contributed by atoms with van der Waals surface area (Å²) in [5, 5.41) is 28.4. The van der Waals surface area contributed by atoms with Crippen molar-refractivity contribution in [3.8, 4) is 29.1 Å².